The highest BCUT2D eigenvalue weighted by Crippen LogP contribution is 2.26. The van der Waals surface area contributed by atoms with Gasteiger partial charge in [0.25, 0.3) is 0 Å². The van der Waals surface area contributed by atoms with Crippen molar-refractivity contribution >= 4 is 46.5 Å². The van der Waals surface area contributed by atoms with Crippen LogP contribution in [0.15, 0.2) is 36.4 Å². The van der Waals surface area contributed by atoms with Crippen LogP contribution >= 0.6 is 23.2 Å². The van der Waals surface area contributed by atoms with E-state index in [0.717, 1.165) is 0 Å². The van der Waals surface area contributed by atoms with Crippen LogP contribution < -0.4 is 11.1 Å². The van der Waals surface area contributed by atoms with Gasteiger partial charge < -0.3 is 16.2 Å². The molecule has 0 saturated heterocycles. The van der Waals surface area contributed by atoms with E-state index in [9.17, 15) is 9.59 Å². The van der Waals surface area contributed by atoms with Gasteiger partial charge in [0.05, 0.1) is 21.2 Å². The number of hydrogen-bond donors (Lipinski definition) is 3. The van der Waals surface area contributed by atoms with Gasteiger partial charge in [0.1, 0.15) is 0 Å². The molecule has 0 aliphatic carbocycles. The highest BCUT2D eigenvalue weighted by atomic mass is 35.5. The van der Waals surface area contributed by atoms with Crippen LogP contribution in [0.1, 0.15) is 20.7 Å². The summed E-state index contributed by atoms with van der Waals surface area (Å²) in [4.78, 5) is 22.1. The number of nitrogens with one attached hydrogen (secondary N) is 1. The van der Waals surface area contributed by atoms with Crippen molar-refractivity contribution in [2.75, 3.05) is 5.32 Å². The van der Waals surface area contributed by atoms with E-state index >= 15 is 0 Å². The van der Waals surface area contributed by atoms with Gasteiger partial charge in [0, 0.05) is 11.4 Å². The van der Waals surface area contributed by atoms with E-state index in [1.54, 1.807) is 12.1 Å². The second-order valence-corrected chi connectivity index (χ2v) is 5.00. The molecule has 108 valence electrons. The summed E-state index contributed by atoms with van der Waals surface area (Å²) >= 11 is 11.7. The number of carbonyl (C=O) groups is 2. The largest absolute Gasteiger partial charge is 0.478 e. The summed E-state index contributed by atoms with van der Waals surface area (Å²) in [5, 5.41) is 12.3. The fraction of sp³-hybridized carbons (Fsp3) is 0. The minimum absolute atomic E-state index is 0.0125. The number of nitrogens with two attached hydrogens (primary N) is 1. The molecule has 1 amide bonds. The Hall–Kier alpha value is -2.24. The number of carbonyl (C=O) groups excluding carboxylic acids is 1. The van der Waals surface area contributed by atoms with Crippen LogP contribution in [-0.2, 0) is 0 Å². The molecule has 2 aromatic carbocycles. The highest BCUT2D eigenvalue weighted by Gasteiger charge is 2.11. The third-order valence-corrected chi connectivity index (χ3v) is 3.36. The molecule has 0 aromatic heterocycles. The van der Waals surface area contributed by atoms with Crippen LogP contribution in [0.3, 0.4) is 0 Å². The van der Waals surface area contributed by atoms with Gasteiger partial charge in [-0.1, -0.05) is 23.2 Å². The highest BCUT2D eigenvalue weighted by molar-refractivity contribution is 6.34. The minimum Gasteiger partial charge on any atom is -0.478 e. The van der Waals surface area contributed by atoms with E-state index in [1.807, 2.05) is 0 Å². The first-order chi connectivity index (χ1) is 9.88. The number of halogens is 2. The second kappa shape index (κ2) is 6.03. The lowest BCUT2D eigenvalue weighted by Crippen LogP contribution is -2.11. The molecule has 0 heterocycles. The van der Waals surface area contributed by atoms with Crippen molar-refractivity contribution in [2.24, 2.45) is 5.73 Å². The summed E-state index contributed by atoms with van der Waals surface area (Å²) in [7, 11) is 0. The maximum atomic E-state index is 11.1. The quantitative estimate of drug-likeness (QED) is 0.802. The standard InChI is InChI=1S/C14H10Cl2N2O3/c15-11-4-2-7(5-10(11)14(20)21)18-8-1-3-9(13(17)19)12(16)6-8/h1-6,18H,(H2,17,19)(H,20,21). The van der Waals surface area contributed by atoms with Crippen molar-refractivity contribution < 1.29 is 14.7 Å². The first-order valence-electron chi connectivity index (χ1n) is 5.77. The zero-order chi connectivity index (χ0) is 15.6. The van der Waals surface area contributed by atoms with Crippen LogP contribution in [0.4, 0.5) is 11.4 Å². The maximum Gasteiger partial charge on any atom is 0.337 e. The van der Waals surface area contributed by atoms with Gasteiger partial charge in [-0.2, -0.15) is 0 Å². The Kier molecular flexibility index (Phi) is 4.35. The smallest absolute Gasteiger partial charge is 0.337 e. The zero-order valence-corrected chi connectivity index (χ0v) is 12.1. The molecule has 0 aliphatic heterocycles. The van der Waals surface area contributed by atoms with Crippen molar-refractivity contribution in [3.63, 3.8) is 0 Å². The van der Waals surface area contributed by atoms with Crippen molar-refractivity contribution in [3.8, 4) is 0 Å². The van der Waals surface area contributed by atoms with Gasteiger partial charge in [-0.15, -0.1) is 0 Å². The molecule has 0 bridgehead atoms. The van der Waals surface area contributed by atoms with Crippen LogP contribution in [0.5, 0.6) is 0 Å². The Labute approximate surface area is 130 Å². The van der Waals surface area contributed by atoms with Crippen molar-refractivity contribution in [1.29, 1.82) is 0 Å². The molecule has 4 N–H and O–H groups in total. The van der Waals surface area contributed by atoms with Gasteiger partial charge in [0.2, 0.25) is 5.91 Å². The fourth-order valence-electron chi connectivity index (χ4n) is 1.73. The molecular formula is C14H10Cl2N2O3. The molecule has 7 heteroatoms. The molecule has 2 aromatic rings. The van der Waals surface area contributed by atoms with Gasteiger partial charge in [-0.3, -0.25) is 4.79 Å². The van der Waals surface area contributed by atoms with Gasteiger partial charge in [-0.25, -0.2) is 4.79 Å². The molecule has 0 fully saturated rings. The summed E-state index contributed by atoms with van der Waals surface area (Å²) in [6, 6.07) is 9.14. The molecule has 2 rings (SSSR count). The fourth-order valence-corrected chi connectivity index (χ4v) is 2.20. The minimum atomic E-state index is -1.12. The number of amides is 1. The lowest BCUT2D eigenvalue weighted by Gasteiger charge is -2.09. The average Bonchev–Trinajstić information content (AvgIpc) is 2.40. The third kappa shape index (κ3) is 3.45. The summed E-state index contributed by atoms with van der Waals surface area (Å²) in [5.41, 5.74) is 6.48. The Morgan fingerprint density at radius 2 is 1.57 bits per heavy atom. The molecule has 5 nitrogen and oxygen atoms in total. The molecule has 0 unspecified atom stereocenters. The predicted octanol–water partition coefficient (Wildman–Crippen LogP) is 3.53. The Bertz CT molecular complexity index is 732. The summed E-state index contributed by atoms with van der Waals surface area (Å²) in [6.07, 6.45) is 0. The third-order valence-electron chi connectivity index (χ3n) is 2.72. The van der Waals surface area contributed by atoms with E-state index < -0.39 is 11.9 Å². The lowest BCUT2D eigenvalue weighted by molar-refractivity contribution is 0.0697. The number of benzene rings is 2. The molecule has 0 atom stereocenters. The van der Waals surface area contributed by atoms with Crippen molar-refractivity contribution in [1.82, 2.24) is 0 Å². The summed E-state index contributed by atoms with van der Waals surface area (Å²) in [6.45, 7) is 0. The molecule has 21 heavy (non-hydrogen) atoms. The van der Waals surface area contributed by atoms with E-state index in [4.69, 9.17) is 34.0 Å². The van der Waals surface area contributed by atoms with E-state index in [0.29, 0.717) is 11.4 Å². The Morgan fingerprint density at radius 1 is 0.952 bits per heavy atom. The first kappa shape index (κ1) is 15.2. The van der Waals surface area contributed by atoms with Crippen LogP contribution in [-0.4, -0.2) is 17.0 Å². The molecule has 0 aliphatic rings. The molecule has 0 radical (unpaired) electrons. The predicted molar refractivity (Wildman–Crippen MR) is 81.7 cm³/mol. The Balaban J connectivity index is 2.30. The van der Waals surface area contributed by atoms with Gasteiger partial charge >= 0.3 is 5.97 Å². The van der Waals surface area contributed by atoms with E-state index in [1.165, 1.54) is 24.3 Å². The number of anilines is 2. The van der Waals surface area contributed by atoms with Crippen LogP contribution in [0.2, 0.25) is 10.0 Å². The molecule has 0 spiro atoms. The first-order valence-corrected chi connectivity index (χ1v) is 6.53. The zero-order valence-electron chi connectivity index (χ0n) is 10.6. The van der Waals surface area contributed by atoms with Gasteiger partial charge in [-0.05, 0) is 36.4 Å². The normalized spacial score (nSPS) is 10.2. The van der Waals surface area contributed by atoms with E-state index in [-0.39, 0.29) is 21.2 Å². The summed E-state index contributed by atoms with van der Waals surface area (Å²) < 4.78 is 0. The topological polar surface area (TPSA) is 92.4 Å². The number of aromatic carboxylic acids is 1. The van der Waals surface area contributed by atoms with Crippen molar-refractivity contribution in [2.45, 2.75) is 0 Å². The molecular weight excluding hydrogens is 315 g/mol. The van der Waals surface area contributed by atoms with Crippen LogP contribution in [0, 0.1) is 0 Å². The maximum absolute atomic E-state index is 11.1. The summed E-state index contributed by atoms with van der Waals surface area (Å²) in [5.74, 6) is -1.74. The van der Waals surface area contributed by atoms with E-state index in [2.05, 4.69) is 5.32 Å². The average molecular weight is 325 g/mol. The van der Waals surface area contributed by atoms with Crippen molar-refractivity contribution in [3.05, 3.63) is 57.6 Å². The monoisotopic (exact) mass is 324 g/mol. The Morgan fingerprint density at radius 3 is 2.14 bits per heavy atom. The van der Waals surface area contributed by atoms with Gasteiger partial charge in [0.15, 0.2) is 0 Å². The molecule has 0 saturated carbocycles. The number of rotatable bonds is 4. The SMILES string of the molecule is NC(=O)c1ccc(Nc2ccc(Cl)c(C(=O)O)c2)cc1Cl. The number of carboxylic acids is 1. The second-order valence-electron chi connectivity index (χ2n) is 4.18. The number of primary amides is 1. The number of carboxylic acid groups (broad SMARTS) is 1. The lowest BCUT2D eigenvalue weighted by atomic mass is 10.1. The van der Waals surface area contributed by atoms with Crippen LogP contribution in [0.25, 0.3) is 0 Å². The number of hydrogen-bond acceptors (Lipinski definition) is 3.